The molecule has 2 aromatic carbocycles. The number of aromatic nitrogens is 2. The molecule has 29 heavy (non-hydrogen) atoms. The van der Waals surface area contributed by atoms with Crippen molar-refractivity contribution in [1.82, 2.24) is 14.7 Å². The standard InChI is InChI=1S/C23H26FN3O2/c1-4-15-27(21(28)5-2)16-20-22(17-9-7-6-8-10-17)25-26(3)23(20)29-19-13-11-18(24)12-14-19/h6-14H,4-5,15-16H2,1-3H3. The number of rotatable bonds is 8. The van der Waals surface area contributed by atoms with E-state index in [4.69, 9.17) is 4.74 Å². The second-order valence-corrected chi connectivity index (χ2v) is 6.85. The van der Waals surface area contributed by atoms with Gasteiger partial charge in [-0.3, -0.25) is 4.79 Å². The van der Waals surface area contributed by atoms with Crippen molar-refractivity contribution in [3.05, 3.63) is 66.0 Å². The van der Waals surface area contributed by atoms with Crippen molar-refractivity contribution in [3.63, 3.8) is 0 Å². The summed E-state index contributed by atoms with van der Waals surface area (Å²) < 4.78 is 21.0. The molecular formula is C23H26FN3O2. The van der Waals surface area contributed by atoms with Crippen molar-refractivity contribution in [1.29, 1.82) is 0 Å². The van der Waals surface area contributed by atoms with Gasteiger partial charge in [-0.05, 0) is 30.7 Å². The zero-order valence-electron chi connectivity index (χ0n) is 17.1. The molecule has 0 fully saturated rings. The lowest BCUT2D eigenvalue weighted by Crippen LogP contribution is -2.30. The first-order valence-electron chi connectivity index (χ1n) is 9.86. The molecule has 0 aliphatic carbocycles. The molecule has 3 aromatic rings. The first kappa shape index (κ1) is 20.6. The number of benzene rings is 2. The number of ether oxygens (including phenoxy) is 1. The lowest BCUT2D eigenvalue weighted by molar-refractivity contribution is -0.131. The van der Waals surface area contributed by atoms with Crippen molar-refractivity contribution < 1.29 is 13.9 Å². The van der Waals surface area contributed by atoms with E-state index in [1.165, 1.54) is 12.1 Å². The summed E-state index contributed by atoms with van der Waals surface area (Å²) in [7, 11) is 1.81. The van der Waals surface area contributed by atoms with Gasteiger partial charge in [-0.2, -0.15) is 5.10 Å². The largest absolute Gasteiger partial charge is 0.439 e. The zero-order valence-corrected chi connectivity index (χ0v) is 17.1. The van der Waals surface area contributed by atoms with E-state index in [0.29, 0.717) is 31.1 Å². The fourth-order valence-electron chi connectivity index (χ4n) is 3.24. The number of nitrogens with zero attached hydrogens (tertiary/aromatic N) is 3. The first-order chi connectivity index (χ1) is 14.0. The van der Waals surface area contributed by atoms with Gasteiger partial charge in [0.15, 0.2) is 0 Å². The summed E-state index contributed by atoms with van der Waals surface area (Å²) in [6, 6.07) is 15.7. The molecule has 0 saturated carbocycles. The van der Waals surface area contributed by atoms with Crippen molar-refractivity contribution in [2.45, 2.75) is 33.2 Å². The predicted molar refractivity (Wildman–Crippen MR) is 111 cm³/mol. The normalized spacial score (nSPS) is 10.8. The minimum absolute atomic E-state index is 0.0856. The fraction of sp³-hybridized carbons (Fsp3) is 0.304. The van der Waals surface area contributed by atoms with Gasteiger partial charge < -0.3 is 9.64 Å². The molecule has 152 valence electrons. The van der Waals surface area contributed by atoms with E-state index in [1.807, 2.05) is 49.1 Å². The number of carbonyl (C=O) groups is 1. The van der Waals surface area contributed by atoms with Crippen molar-refractivity contribution in [2.75, 3.05) is 6.54 Å². The minimum Gasteiger partial charge on any atom is -0.439 e. The van der Waals surface area contributed by atoms with Crippen LogP contribution in [-0.4, -0.2) is 27.1 Å². The third-order valence-electron chi connectivity index (χ3n) is 4.66. The summed E-state index contributed by atoms with van der Waals surface area (Å²) in [5, 5.41) is 4.67. The molecule has 0 aliphatic heterocycles. The van der Waals surface area contributed by atoms with Gasteiger partial charge in [0.2, 0.25) is 11.8 Å². The SMILES string of the molecule is CCCN(Cc1c(-c2ccccc2)nn(C)c1Oc1ccc(F)cc1)C(=O)CC. The van der Waals surface area contributed by atoms with Crippen molar-refractivity contribution in [3.8, 4) is 22.9 Å². The summed E-state index contributed by atoms with van der Waals surface area (Å²) in [5.41, 5.74) is 2.56. The van der Waals surface area contributed by atoms with Gasteiger partial charge >= 0.3 is 0 Å². The van der Waals surface area contributed by atoms with Crippen LogP contribution in [0.1, 0.15) is 32.3 Å². The quantitative estimate of drug-likeness (QED) is 0.529. The summed E-state index contributed by atoms with van der Waals surface area (Å²) in [5.74, 6) is 0.817. The molecule has 1 amide bonds. The molecule has 0 bridgehead atoms. The number of hydrogen-bond acceptors (Lipinski definition) is 3. The van der Waals surface area contributed by atoms with E-state index in [-0.39, 0.29) is 11.7 Å². The van der Waals surface area contributed by atoms with E-state index >= 15 is 0 Å². The lowest BCUT2D eigenvalue weighted by atomic mass is 10.1. The molecule has 6 heteroatoms. The molecule has 0 atom stereocenters. The molecule has 0 N–H and O–H groups in total. The Morgan fingerprint density at radius 2 is 1.79 bits per heavy atom. The number of amides is 1. The molecule has 0 unspecified atom stereocenters. The van der Waals surface area contributed by atoms with Crippen molar-refractivity contribution >= 4 is 5.91 Å². The third kappa shape index (κ3) is 4.83. The van der Waals surface area contributed by atoms with Gasteiger partial charge in [0, 0.05) is 25.6 Å². The van der Waals surface area contributed by atoms with E-state index < -0.39 is 0 Å². The van der Waals surface area contributed by atoms with E-state index in [9.17, 15) is 9.18 Å². The second-order valence-electron chi connectivity index (χ2n) is 6.85. The van der Waals surface area contributed by atoms with Gasteiger partial charge in [-0.15, -0.1) is 0 Å². The Morgan fingerprint density at radius 1 is 1.10 bits per heavy atom. The maximum absolute atomic E-state index is 13.3. The number of carbonyl (C=O) groups excluding carboxylic acids is 1. The highest BCUT2D eigenvalue weighted by atomic mass is 19.1. The Hall–Kier alpha value is -3.15. The topological polar surface area (TPSA) is 47.4 Å². The molecule has 0 aliphatic rings. The smallest absolute Gasteiger partial charge is 0.223 e. The monoisotopic (exact) mass is 395 g/mol. The van der Waals surface area contributed by atoms with Crippen LogP contribution in [-0.2, 0) is 18.4 Å². The summed E-state index contributed by atoms with van der Waals surface area (Å²) in [6.07, 6.45) is 1.30. The van der Waals surface area contributed by atoms with Gasteiger partial charge in [-0.1, -0.05) is 44.2 Å². The Balaban J connectivity index is 2.05. The average Bonchev–Trinajstić information content (AvgIpc) is 3.04. The predicted octanol–water partition coefficient (Wildman–Crippen LogP) is 5.17. The van der Waals surface area contributed by atoms with Crippen LogP contribution in [0, 0.1) is 5.82 Å². The summed E-state index contributed by atoms with van der Waals surface area (Å²) in [6.45, 7) is 4.97. The molecule has 0 saturated heterocycles. The van der Waals surface area contributed by atoms with Crippen LogP contribution in [0.15, 0.2) is 54.6 Å². The molecule has 1 aromatic heterocycles. The Morgan fingerprint density at radius 3 is 2.41 bits per heavy atom. The van der Waals surface area contributed by atoms with Crippen LogP contribution in [0.2, 0.25) is 0 Å². The van der Waals surface area contributed by atoms with E-state index in [1.54, 1.807) is 23.9 Å². The third-order valence-corrected chi connectivity index (χ3v) is 4.66. The maximum atomic E-state index is 13.3. The highest BCUT2D eigenvalue weighted by molar-refractivity contribution is 5.76. The molecule has 0 radical (unpaired) electrons. The maximum Gasteiger partial charge on any atom is 0.223 e. The van der Waals surface area contributed by atoms with Crippen LogP contribution in [0.25, 0.3) is 11.3 Å². The number of aryl methyl sites for hydroxylation is 1. The average molecular weight is 395 g/mol. The number of hydrogen-bond donors (Lipinski definition) is 0. The van der Waals surface area contributed by atoms with Crippen LogP contribution in [0.5, 0.6) is 11.6 Å². The molecule has 5 nitrogen and oxygen atoms in total. The highest BCUT2D eigenvalue weighted by Crippen LogP contribution is 2.34. The van der Waals surface area contributed by atoms with Gasteiger partial charge in [-0.25, -0.2) is 9.07 Å². The first-order valence-corrected chi connectivity index (χ1v) is 9.86. The zero-order chi connectivity index (χ0) is 20.8. The Kier molecular flexibility index (Phi) is 6.65. The van der Waals surface area contributed by atoms with E-state index in [0.717, 1.165) is 23.2 Å². The highest BCUT2D eigenvalue weighted by Gasteiger charge is 2.23. The Labute approximate surface area is 170 Å². The Bertz CT molecular complexity index is 952. The minimum atomic E-state index is -0.324. The van der Waals surface area contributed by atoms with Crippen LogP contribution < -0.4 is 4.74 Å². The van der Waals surface area contributed by atoms with Crippen LogP contribution in [0.4, 0.5) is 4.39 Å². The van der Waals surface area contributed by atoms with Crippen molar-refractivity contribution in [2.24, 2.45) is 7.05 Å². The summed E-state index contributed by atoms with van der Waals surface area (Å²) >= 11 is 0. The van der Waals surface area contributed by atoms with E-state index in [2.05, 4.69) is 5.10 Å². The lowest BCUT2D eigenvalue weighted by Gasteiger charge is -2.22. The van der Waals surface area contributed by atoms with Gasteiger partial charge in [0.1, 0.15) is 17.3 Å². The molecule has 3 rings (SSSR count). The van der Waals surface area contributed by atoms with Gasteiger partial charge in [0.05, 0.1) is 12.1 Å². The summed E-state index contributed by atoms with van der Waals surface area (Å²) in [4.78, 5) is 14.3. The van der Waals surface area contributed by atoms with Crippen LogP contribution in [0.3, 0.4) is 0 Å². The fourth-order valence-corrected chi connectivity index (χ4v) is 3.24. The molecular weight excluding hydrogens is 369 g/mol. The number of halogens is 1. The second kappa shape index (κ2) is 9.37. The molecule has 1 heterocycles. The van der Waals surface area contributed by atoms with Crippen LogP contribution >= 0.6 is 0 Å². The van der Waals surface area contributed by atoms with Gasteiger partial charge in [0.25, 0.3) is 0 Å². The molecule has 0 spiro atoms.